The lowest BCUT2D eigenvalue weighted by molar-refractivity contribution is 0.0821. The minimum atomic E-state index is -0.327. The van der Waals surface area contributed by atoms with E-state index in [4.69, 9.17) is 0 Å². The molecule has 0 spiro atoms. The molecule has 36 heavy (non-hydrogen) atoms. The van der Waals surface area contributed by atoms with E-state index in [0.717, 1.165) is 88.8 Å². The zero-order chi connectivity index (χ0) is 24.6. The summed E-state index contributed by atoms with van der Waals surface area (Å²) < 4.78 is 2.02. The molecule has 0 aliphatic carbocycles. The number of aromatic nitrogens is 2. The van der Waals surface area contributed by atoms with Crippen molar-refractivity contribution in [3.05, 3.63) is 59.3 Å². The number of carbonyl (C=O) groups excluding carboxylic acids is 2. The van der Waals surface area contributed by atoms with Crippen molar-refractivity contribution in [2.24, 2.45) is 7.05 Å². The Hall–Kier alpha value is -3.68. The van der Waals surface area contributed by atoms with Gasteiger partial charge in [0, 0.05) is 58.8 Å². The standard InChI is InChI=1S/C29H28N4O3/c1-32-13-9-17-7-8-20-22(27(17)32)24-23(28(35)31-29(24)36)21-19-6-2-4-16(25(19)30-26(20)21)5-3-12-33-14-10-18(34)11-15-33/h2,4,6-9,13,18,30,34H,3,5,10-12,14-15H2,1H3,(H,31,35,36). The quantitative estimate of drug-likeness (QED) is 0.336. The van der Waals surface area contributed by atoms with E-state index in [0.29, 0.717) is 11.1 Å². The summed E-state index contributed by atoms with van der Waals surface area (Å²) in [7, 11) is 1.97. The van der Waals surface area contributed by atoms with Gasteiger partial charge in [0.05, 0.1) is 28.3 Å². The number of aryl methyl sites for hydroxylation is 2. The van der Waals surface area contributed by atoms with Gasteiger partial charge in [-0.3, -0.25) is 14.9 Å². The molecule has 7 nitrogen and oxygen atoms in total. The topological polar surface area (TPSA) is 90.4 Å². The molecule has 1 saturated heterocycles. The summed E-state index contributed by atoms with van der Waals surface area (Å²) in [6.45, 7) is 2.91. The molecule has 2 aliphatic heterocycles. The second kappa shape index (κ2) is 7.91. The number of H-pyrrole nitrogens is 1. The lowest BCUT2D eigenvalue weighted by Gasteiger charge is -2.29. The zero-order valence-corrected chi connectivity index (χ0v) is 20.2. The molecule has 3 aromatic carbocycles. The van der Waals surface area contributed by atoms with Crippen LogP contribution in [0.2, 0.25) is 0 Å². The first-order valence-electron chi connectivity index (χ1n) is 12.7. The first kappa shape index (κ1) is 21.6. The third kappa shape index (κ3) is 3.06. The number of aromatic amines is 1. The molecule has 0 saturated carbocycles. The lowest BCUT2D eigenvalue weighted by atomic mass is 9.93. The smallest absolute Gasteiger partial charge is 0.259 e. The van der Waals surface area contributed by atoms with Crippen molar-refractivity contribution < 1.29 is 14.7 Å². The molecular weight excluding hydrogens is 452 g/mol. The van der Waals surface area contributed by atoms with E-state index in [9.17, 15) is 14.7 Å². The number of hydrogen-bond acceptors (Lipinski definition) is 4. The number of nitrogens with one attached hydrogen (secondary N) is 2. The van der Waals surface area contributed by atoms with Crippen molar-refractivity contribution in [2.45, 2.75) is 31.8 Å². The minimum Gasteiger partial charge on any atom is -0.393 e. The molecule has 5 aromatic rings. The van der Waals surface area contributed by atoms with Gasteiger partial charge >= 0.3 is 0 Å². The summed E-state index contributed by atoms with van der Waals surface area (Å²) in [5.74, 6) is -0.653. The Morgan fingerprint density at radius 3 is 2.50 bits per heavy atom. The number of fused-ring (bicyclic) bond motifs is 10. The molecule has 0 unspecified atom stereocenters. The van der Waals surface area contributed by atoms with Gasteiger partial charge in [0.25, 0.3) is 11.8 Å². The highest BCUT2D eigenvalue weighted by atomic mass is 16.3. The fourth-order valence-corrected chi connectivity index (χ4v) is 6.37. The minimum absolute atomic E-state index is 0.154. The van der Waals surface area contributed by atoms with Gasteiger partial charge in [0.1, 0.15) is 0 Å². The van der Waals surface area contributed by atoms with Crippen LogP contribution in [-0.4, -0.2) is 57.1 Å². The molecule has 0 radical (unpaired) electrons. The molecule has 2 aliphatic rings. The van der Waals surface area contributed by atoms with E-state index < -0.39 is 0 Å². The highest BCUT2D eigenvalue weighted by Gasteiger charge is 2.34. The Morgan fingerprint density at radius 2 is 1.69 bits per heavy atom. The Bertz CT molecular complexity index is 1720. The van der Waals surface area contributed by atoms with E-state index in [1.165, 1.54) is 5.56 Å². The summed E-state index contributed by atoms with van der Waals surface area (Å²) in [5.41, 5.74) is 5.08. The largest absolute Gasteiger partial charge is 0.393 e. The maximum absolute atomic E-state index is 13.1. The van der Waals surface area contributed by atoms with Crippen LogP contribution in [0.4, 0.5) is 0 Å². The summed E-state index contributed by atoms with van der Waals surface area (Å²) in [4.78, 5) is 32.3. The van der Waals surface area contributed by atoms with Gasteiger partial charge in [-0.2, -0.15) is 0 Å². The summed E-state index contributed by atoms with van der Waals surface area (Å²) in [6, 6.07) is 12.4. The van der Waals surface area contributed by atoms with Crippen LogP contribution in [0.1, 0.15) is 45.5 Å². The van der Waals surface area contributed by atoms with Crippen molar-refractivity contribution >= 4 is 55.3 Å². The van der Waals surface area contributed by atoms with Crippen molar-refractivity contribution in [1.29, 1.82) is 0 Å². The van der Waals surface area contributed by atoms with Crippen LogP contribution in [0.25, 0.3) is 43.5 Å². The van der Waals surface area contributed by atoms with E-state index in [-0.39, 0.29) is 17.9 Å². The number of carbonyl (C=O) groups is 2. The molecule has 7 rings (SSSR count). The average Bonchev–Trinajstić information content (AvgIpc) is 3.54. The molecule has 2 amide bonds. The molecule has 1 fully saturated rings. The molecule has 7 heteroatoms. The zero-order valence-electron chi connectivity index (χ0n) is 20.2. The molecule has 4 heterocycles. The number of para-hydroxylation sites is 1. The highest BCUT2D eigenvalue weighted by molar-refractivity contribution is 6.39. The van der Waals surface area contributed by atoms with Gasteiger partial charge in [0.2, 0.25) is 0 Å². The number of imide groups is 1. The van der Waals surface area contributed by atoms with Crippen LogP contribution in [0.3, 0.4) is 0 Å². The third-order valence-electron chi connectivity index (χ3n) is 8.14. The average molecular weight is 481 g/mol. The van der Waals surface area contributed by atoms with Crippen LogP contribution in [0.15, 0.2) is 42.6 Å². The van der Waals surface area contributed by atoms with Gasteiger partial charge in [0.15, 0.2) is 0 Å². The Labute approximate surface area is 207 Å². The second-order valence-electron chi connectivity index (χ2n) is 10.3. The second-order valence-corrected chi connectivity index (χ2v) is 10.3. The number of piperidine rings is 1. The van der Waals surface area contributed by atoms with Gasteiger partial charge in [-0.25, -0.2) is 0 Å². The van der Waals surface area contributed by atoms with Crippen LogP contribution >= 0.6 is 0 Å². The van der Waals surface area contributed by atoms with Gasteiger partial charge < -0.3 is 19.6 Å². The number of nitrogens with zero attached hydrogens (tertiary/aromatic N) is 2. The highest BCUT2D eigenvalue weighted by Crippen LogP contribution is 2.42. The molecule has 0 atom stereocenters. The normalized spacial score (nSPS) is 17.2. The lowest BCUT2D eigenvalue weighted by Crippen LogP contribution is -2.36. The number of benzene rings is 3. The number of aliphatic hydroxyl groups excluding tert-OH is 1. The van der Waals surface area contributed by atoms with Crippen LogP contribution in [-0.2, 0) is 13.5 Å². The van der Waals surface area contributed by atoms with E-state index in [2.05, 4.69) is 33.4 Å². The van der Waals surface area contributed by atoms with Gasteiger partial charge in [-0.05, 0) is 43.9 Å². The summed E-state index contributed by atoms with van der Waals surface area (Å²) >= 11 is 0. The first-order valence-corrected chi connectivity index (χ1v) is 12.7. The Morgan fingerprint density at radius 1 is 0.944 bits per heavy atom. The van der Waals surface area contributed by atoms with E-state index in [1.807, 2.05) is 36.0 Å². The van der Waals surface area contributed by atoms with Crippen LogP contribution in [0.5, 0.6) is 0 Å². The predicted molar refractivity (Wildman–Crippen MR) is 142 cm³/mol. The summed E-state index contributed by atoms with van der Waals surface area (Å²) in [6.07, 6.45) is 5.47. The van der Waals surface area contributed by atoms with Gasteiger partial charge in [-0.15, -0.1) is 0 Å². The van der Waals surface area contributed by atoms with Crippen molar-refractivity contribution in [3.63, 3.8) is 0 Å². The van der Waals surface area contributed by atoms with E-state index in [1.54, 1.807) is 0 Å². The fourth-order valence-electron chi connectivity index (χ4n) is 6.37. The molecule has 182 valence electrons. The Kier molecular flexibility index (Phi) is 4.75. The summed E-state index contributed by atoms with van der Waals surface area (Å²) in [5, 5.41) is 17.0. The maximum atomic E-state index is 13.1. The number of hydrogen-bond donors (Lipinski definition) is 3. The van der Waals surface area contributed by atoms with E-state index >= 15 is 0 Å². The van der Waals surface area contributed by atoms with Crippen molar-refractivity contribution in [3.8, 4) is 0 Å². The third-order valence-corrected chi connectivity index (χ3v) is 8.14. The number of amides is 2. The number of rotatable bonds is 4. The molecule has 0 bridgehead atoms. The SMILES string of the molecule is Cn1ccc2ccc3c4[nH]c5c(CCCN6CCC(O)CC6)cccc5c4c4c(c3c21)C(=O)NC4=O. The number of aliphatic hydroxyl groups is 1. The molecular formula is C29H28N4O3. The predicted octanol–water partition coefficient (Wildman–Crippen LogP) is 4.24. The maximum Gasteiger partial charge on any atom is 0.259 e. The van der Waals surface area contributed by atoms with Crippen LogP contribution < -0.4 is 5.32 Å². The van der Waals surface area contributed by atoms with Crippen LogP contribution in [0, 0.1) is 0 Å². The molecule has 2 aromatic heterocycles. The monoisotopic (exact) mass is 480 g/mol. The van der Waals surface area contributed by atoms with Crippen molar-refractivity contribution in [1.82, 2.24) is 19.8 Å². The number of likely N-dealkylation sites (tertiary alicyclic amines) is 1. The fraction of sp³-hybridized carbons (Fsp3) is 0.310. The van der Waals surface area contributed by atoms with Gasteiger partial charge in [-0.1, -0.05) is 30.3 Å². The van der Waals surface area contributed by atoms with Crippen molar-refractivity contribution in [2.75, 3.05) is 19.6 Å². The first-order chi connectivity index (χ1) is 17.5. The molecule has 3 N–H and O–H groups in total. The Balaban J connectivity index is 1.41.